The van der Waals surface area contributed by atoms with Crippen molar-refractivity contribution in [1.29, 1.82) is 0 Å². The van der Waals surface area contributed by atoms with Gasteiger partial charge in [0.15, 0.2) is 0 Å². The van der Waals surface area contributed by atoms with Crippen LogP contribution in [0.25, 0.3) is 0 Å². The molecule has 0 amide bonds. The molecule has 2 atom stereocenters. The summed E-state index contributed by atoms with van der Waals surface area (Å²) in [6.07, 6.45) is 2.38. The minimum absolute atomic E-state index is 0.469. The Morgan fingerprint density at radius 3 is 2.72 bits per heavy atom. The molecule has 18 heavy (non-hydrogen) atoms. The maximum atomic E-state index is 5.07. The van der Waals surface area contributed by atoms with E-state index in [1.54, 1.807) is 7.11 Å². The van der Waals surface area contributed by atoms with Crippen LogP contribution in [0.15, 0.2) is 24.3 Å². The standard InChI is InChI=1S/C16H27NO/c1-5-7-15-8-6-9-16(12-15)13(2)14(3)17-10-11-18-4/h6,8-9,12-14,17H,5,7,10-11H2,1-4H3. The summed E-state index contributed by atoms with van der Waals surface area (Å²) in [6, 6.07) is 9.46. The van der Waals surface area contributed by atoms with Crippen LogP contribution in [0.4, 0.5) is 0 Å². The van der Waals surface area contributed by atoms with Gasteiger partial charge < -0.3 is 10.1 Å². The van der Waals surface area contributed by atoms with Crippen LogP contribution in [0, 0.1) is 0 Å². The highest BCUT2D eigenvalue weighted by Gasteiger charge is 2.13. The number of aryl methyl sites for hydroxylation is 1. The van der Waals surface area contributed by atoms with Gasteiger partial charge in [0.1, 0.15) is 0 Å². The van der Waals surface area contributed by atoms with E-state index in [-0.39, 0.29) is 0 Å². The number of methoxy groups -OCH3 is 1. The molecule has 0 aromatic heterocycles. The van der Waals surface area contributed by atoms with Crippen molar-refractivity contribution in [3.63, 3.8) is 0 Å². The van der Waals surface area contributed by atoms with Crippen LogP contribution in [-0.2, 0) is 11.2 Å². The highest BCUT2D eigenvalue weighted by atomic mass is 16.5. The number of ether oxygens (including phenoxy) is 1. The van der Waals surface area contributed by atoms with Crippen LogP contribution >= 0.6 is 0 Å². The minimum atomic E-state index is 0.469. The van der Waals surface area contributed by atoms with Crippen molar-refractivity contribution in [2.45, 2.75) is 45.6 Å². The molecule has 0 fully saturated rings. The number of benzene rings is 1. The van der Waals surface area contributed by atoms with Crippen molar-refractivity contribution in [1.82, 2.24) is 5.32 Å². The first-order valence-corrected chi connectivity index (χ1v) is 7.00. The molecule has 0 aliphatic carbocycles. The van der Waals surface area contributed by atoms with E-state index in [0.29, 0.717) is 12.0 Å². The first kappa shape index (κ1) is 15.2. The molecule has 1 N–H and O–H groups in total. The van der Waals surface area contributed by atoms with Crippen LogP contribution in [0.2, 0.25) is 0 Å². The van der Waals surface area contributed by atoms with Gasteiger partial charge >= 0.3 is 0 Å². The summed E-state index contributed by atoms with van der Waals surface area (Å²) >= 11 is 0. The predicted molar refractivity (Wildman–Crippen MR) is 78.2 cm³/mol. The Labute approximate surface area is 112 Å². The number of hydrogen-bond acceptors (Lipinski definition) is 2. The van der Waals surface area contributed by atoms with Crippen molar-refractivity contribution < 1.29 is 4.74 Å². The molecule has 0 radical (unpaired) electrons. The highest BCUT2D eigenvalue weighted by molar-refractivity contribution is 5.27. The number of nitrogens with one attached hydrogen (secondary N) is 1. The van der Waals surface area contributed by atoms with Gasteiger partial charge in [0, 0.05) is 19.7 Å². The topological polar surface area (TPSA) is 21.3 Å². The lowest BCUT2D eigenvalue weighted by atomic mass is 9.92. The Morgan fingerprint density at radius 1 is 1.28 bits per heavy atom. The van der Waals surface area contributed by atoms with Gasteiger partial charge in [-0.05, 0) is 30.4 Å². The zero-order chi connectivity index (χ0) is 13.4. The van der Waals surface area contributed by atoms with E-state index >= 15 is 0 Å². The van der Waals surface area contributed by atoms with Crippen LogP contribution in [0.1, 0.15) is 44.2 Å². The fourth-order valence-corrected chi connectivity index (χ4v) is 2.17. The lowest BCUT2D eigenvalue weighted by Gasteiger charge is -2.22. The first-order valence-electron chi connectivity index (χ1n) is 7.00. The van der Waals surface area contributed by atoms with Crippen LogP contribution < -0.4 is 5.32 Å². The van der Waals surface area contributed by atoms with E-state index < -0.39 is 0 Å². The summed E-state index contributed by atoms with van der Waals surface area (Å²) in [4.78, 5) is 0. The molecule has 2 nitrogen and oxygen atoms in total. The Kier molecular flexibility index (Phi) is 6.99. The molecule has 1 aromatic carbocycles. The molecule has 0 saturated heterocycles. The molecule has 0 aliphatic heterocycles. The van der Waals surface area contributed by atoms with Gasteiger partial charge in [0.25, 0.3) is 0 Å². The second kappa shape index (κ2) is 8.28. The summed E-state index contributed by atoms with van der Waals surface area (Å²) in [5, 5.41) is 3.51. The van der Waals surface area contributed by atoms with Gasteiger partial charge in [0.2, 0.25) is 0 Å². The van der Waals surface area contributed by atoms with E-state index in [2.05, 4.69) is 50.4 Å². The van der Waals surface area contributed by atoms with Gasteiger partial charge in [-0.2, -0.15) is 0 Å². The third kappa shape index (κ3) is 4.79. The first-order chi connectivity index (χ1) is 8.69. The van der Waals surface area contributed by atoms with Crippen LogP contribution in [-0.4, -0.2) is 26.3 Å². The molecule has 1 aromatic rings. The predicted octanol–water partition coefficient (Wildman–Crippen LogP) is 3.37. The van der Waals surface area contributed by atoms with Gasteiger partial charge in [-0.15, -0.1) is 0 Å². The molecule has 0 bridgehead atoms. The third-order valence-electron chi connectivity index (χ3n) is 3.54. The zero-order valence-corrected chi connectivity index (χ0v) is 12.2. The van der Waals surface area contributed by atoms with E-state index in [1.807, 2.05) is 0 Å². The van der Waals surface area contributed by atoms with Gasteiger partial charge in [-0.1, -0.05) is 44.5 Å². The lowest BCUT2D eigenvalue weighted by molar-refractivity contribution is 0.195. The molecule has 0 aliphatic rings. The maximum Gasteiger partial charge on any atom is 0.0587 e. The zero-order valence-electron chi connectivity index (χ0n) is 12.2. The molecule has 0 heterocycles. The van der Waals surface area contributed by atoms with Gasteiger partial charge in [0.05, 0.1) is 6.61 Å². The van der Waals surface area contributed by atoms with E-state index in [0.717, 1.165) is 13.2 Å². The summed E-state index contributed by atoms with van der Waals surface area (Å²) in [5.41, 5.74) is 2.88. The second-order valence-electron chi connectivity index (χ2n) is 5.02. The van der Waals surface area contributed by atoms with E-state index in [1.165, 1.54) is 24.0 Å². The van der Waals surface area contributed by atoms with E-state index in [9.17, 15) is 0 Å². The summed E-state index contributed by atoms with van der Waals surface area (Å²) in [7, 11) is 1.74. The summed E-state index contributed by atoms with van der Waals surface area (Å²) in [5.74, 6) is 0.527. The molecule has 2 heteroatoms. The molecular formula is C16H27NO. The number of hydrogen-bond donors (Lipinski definition) is 1. The normalized spacial score (nSPS) is 14.4. The molecule has 102 valence electrons. The largest absolute Gasteiger partial charge is 0.383 e. The van der Waals surface area contributed by atoms with Crippen molar-refractivity contribution in [3.05, 3.63) is 35.4 Å². The second-order valence-corrected chi connectivity index (χ2v) is 5.02. The quantitative estimate of drug-likeness (QED) is 0.713. The van der Waals surface area contributed by atoms with E-state index in [4.69, 9.17) is 4.74 Å². The Bertz CT molecular complexity index is 338. The lowest BCUT2D eigenvalue weighted by Crippen LogP contribution is -2.33. The summed E-state index contributed by atoms with van der Waals surface area (Å²) < 4.78 is 5.07. The third-order valence-corrected chi connectivity index (χ3v) is 3.54. The number of rotatable bonds is 8. The van der Waals surface area contributed by atoms with Crippen LogP contribution in [0.5, 0.6) is 0 Å². The van der Waals surface area contributed by atoms with Crippen LogP contribution in [0.3, 0.4) is 0 Å². The average Bonchev–Trinajstić information content (AvgIpc) is 2.39. The minimum Gasteiger partial charge on any atom is -0.383 e. The van der Waals surface area contributed by atoms with Crippen molar-refractivity contribution in [3.8, 4) is 0 Å². The van der Waals surface area contributed by atoms with Gasteiger partial charge in [-0.3, -0.25) is 0 Å². The highest BCUT2D eigenvalue weighted by Crippen LogP contribution is 2.20. The smallest absolute Gasteiger partial charge is 0.0587 e. The SMILES string of the molecule is CCCc1cccc(C(C)C(C)NCCOC)c1. The fourth-order valence-electron chi connectivity index (χ4n) is 2.17. The van der Waals surface area contributed by atoms with Crippen molar-refractivity contribution in [2.24, 2.45) is 0 Å². The van der Waals surface area contributed by atoms with Crippen molar-refractivity contribution >= 4 is 0 Å². The monoisotopic (exact) mass is 249 g/mol. The molecule has 0 saturated carbocycles. The molecule has 0 spiro atoms. The molecular weight excluding hydrogens is 222 g/mol. The average molecular weight is 249 g/mol. The Balaban J connectivity index is 2.58. The summed E-state index contributed by atoms with van der Waals surface area (Å²) in [6.45, 7) is 8.44. The molecule has 1 rings (SSSR count). The van der Waals surface area contributed by atoms with Gasteiger partial charge in [-0.25, -0.2) is 0 Å². The fraction of sp³-hybridized carbons (Fsp3) is 0.625. The Hall–Kier alpha value is -0.860. The maximum absolute atomic E-state index is 5.07. The molecule has 2 unspecified atom stereocenters. The Morgan fingerprint density at radius 2 is 2.06 bits per heavy atom. The van der Waals surface area contributed by atoms with Crippen molar-refractivity contribution in [2.75, 3.05) is 20.3 Å².